The Morgan fingerprint density at radius 1 is 0.561 bits per heavy atom. The predicted octanol–water partition coefficient (Wildman–Crippen LogP) is 7.56. The van der Waals surface area contributed by atoms with Crippen LogP contribution in [0.3, 0.4) is 0 Å². The van der Waals surface area contributed by atoms with Gasteiger partial charge >= 0.3 is 0 Å². The molecular formula is C35H32N2O4. The molecule has 0 aliphatic carbocycles. The highest BCUT2D eigenvalue weighted by Crippen LogP contribution is 2.46. The zero-order valence-corrected chi connectivity index (χ0v) is 23.7. The molecule has 2 aliphatic rings. The maximum absolute atomic E-state index is 13.9. The van der Waals surface area contributed by atoms with Crippen LogP contribution in [-0.2, 0) is 0 Å². The lowest BCUT2D eigenvalue weighted by molar-refractivity contribution is 0.0577. The van der Waals surface area contributed by atoms with E-state index >= 15 is 0 Å². The fourth-order valence-corrected chi connectivity index (χ4v) is 7.15. The van der Waals surface area contributed by atoms with Crippen molar-refractivity contribution in [1.82, 2.24) is 9.80 Å². The first-order valence-electron chi connectivity index (χ1n) is 14.8. The molecule has 5 aromatic carbocycles. The Kier molecular flexibility index (Phi) is 5.86. The van der Waals surface area contributed by atoms with Crippen LogP contribution >= 0.6 is 0 Å². The number of nitrogens with zero attached hydrogens (tertiary/aromatic N) is 2. The second-order valence-electron chi connectivity index (χ2n) is 11.7. The van der Waals surface area contributed by atoms with E-state index in [9.17, 15) is 19.2 Å². The summed E-state index contributed by atoms with van der Waals surface area (Å²) in [6.07, 6.45) is 6.62. The first-order chi connectivity index (χ1) is 19.9. The number of hydrogen-bond acceptors (Lipinski definition) is 4. The summed E-state index contributed by atoms with van der Waals surface area (Å²) in [5.74, 6) is -0.796. The molecule has 0 saturated heterocycles. The van der Waals surface area contributed by atoms with Gasteiger partial charge in [-0.05, 0) is 68.9 Å². The number of carbonyl (C=O) groups is 4. The summed E-state index contributed by atoms with van der Waals surface area (Å²) < 4.78 is 0. The van der Waals surface area contributed by atoms with Gasteiger partial charge in [-0.25, -0.2) is 0 Å². The minimum absolute atomic E-state index is 0.228. The van der Waals surface area contributed by atoms with Crippen LogP contribution in [0.2, 0.25) is 0 Å². The van der Waals surface area contributed by atoms with Crippen LogP contribution in [-0.4, -0.2) is 47.0 Å². The van der Waals surface area contributed by atoms with E-state index in [1.54, 1.807) is 12.1 Å². The molecule has 6 nitrogen and oxygen atoms in total. The number of carbonyl (C=O) groups excluding carboxylic acids is 4. The highest BCUT2D eigenvalue weighted by molar-refractivity contribution is 6.41. The lowest BCUT2D eigenvalue weighted by Crippen LogP contribution is -2.43. The molecule has 7 rings (SSSR count). The van der Waals surface area contributed by atoms with Crippen molar-refractivity contribution in [3.05, 3.63) is 70.8 Å². The van der Waals surface area contributed by atoms with Gasteiger partial charge in [0.2, 0.25) is 0 Å². The van der Waals surface area contributed by atoms with Crippen molar-refractivity contribution in [2.75, 3.05) is 13.6 Å². The van der Waals surface area contributed by atoms with E-state index in [4.69, 9.17) is 0 Å². The van der Waals surface area contributed by atoms with Crippen molar-refractivity contribution in [2.45, 2.75) is 52.4 Å². The second kappa shape index (κ2) is 9.37. The summed E-state index contributed by atoms with van der Waals surface area (Å²) >= 11 is 0. The van der Waals surface area contributed by atoms with E-state index in [1.807, 2.05) is 36.4 Å². The molecule has 1 atom stereocenters. The highest BCUT2D eigenvalue weighted by Gasteiger charge is 2.36. The average Bonchev–Trinajstić information content (AvgIpc) is 2.99. The highest BCUT2D eigenvalue weighted by atomic mass is 16.2. The molecule has 2 aliphatic heterocycles. The zero-order chi connectivity index (χ0) is 28.6. The van der Waals surface area contributed by atoms with Crippen molar-refractivity contribution >= 4 is 66.7 Å². The Morgan fingerprint density at radius 2 is 1.00 bits per heavy atom. The van der Waals surface area contributed by atoms with Crippen LogP contribution in [0.1, 0.15) is 93.8 Å². The Labute approximate surface area is 238 Å². The van der Waals surface area contributed by atoms with Crippen LogP contribution < -0.4 is 0 Å². The van der Waals surface area contributed by atoms with E-state index in [2.05, 4.69) is 13.8 Å². The number of imide groups is 2. The van der Waals surface area contributed by atoms with Gasteiger partial charge < -0.3 is 0 Å². The number of benzene rings is 5. The molecule has 1 unspecified atom stereocenters. The molecule has 5 aromatic rings. The van der Waals surface area contributed by atoms with Crippen molar-refractivity contribution < 1.29 is 19.2 Å². The molecule has 41 heavy (non-hydrogen) atoms. The van der Waals surface area contributed by atoms with E-state index in [-0.39, 0.29) is 29.5 Å². The molecule has 0 saturated carbocycles. The van der Waals surface area contributed by atoms with Gasteiger partial charge in [-0.2, -0.15) is 0 Å². The van der Waals surface area contributed by atoms with Crippen molar-refractivity contribution in [3.63, 3.8) is 0 Å². The molecule has 4 amide bonds. The summed E-state index contributed by atoms with van der Waals surface area (Å²) in [5, 5.41) is 6.76. The predicted molar refractivity (Wildman–Crippen MR) is 162 cm³/mol. The summed E-state index contributed by atoms with van der Waals surface area (Å²) in [4.78, 5) is 56.4. The van der Waals surface area contributed by atoms with Crippen molar-refractivity contribution in [1.29, 1.82) is 0 Å². The molecule has 6 heteroatoms. The normalized spacial score (nSPS) is 15.9. The maximum Gasteiger partial charge on any atom is 0.261 e. The first-order valence-corrected chi connectivity index (χ1v) is 14.8. The molecule has 0 spiro atoms. The number of hydrogen-bond donors (Lipinski definition) is 0. The standard InChI is InChI=1S/C35H32N2O4/c1-4-6-7-8-9-19(5-2)18-37-34(40)26-16-12-22-20-10-14-24-30-25(33(39)36(3)32(24)38)15-11-21(28(20)30)23-13-17-27(35(37)41)31(26)29(22)23/h10-17,19H,4-9,18H2,1-3H3. The first kappa shape index (κ1) is 25.6. The molecular weight excluding hydrogens is 512 g/mol. The zero-order valence-electron chi connectivity index (χ0n) is 23.7. The lowest BCUT2D eigenvalue weighted by atomic mass is 9.82. The third-order valence-corrected chi connectivity index (χ3v) is 9.41. The van der Waals surface area contributed by atoms with E-state index in [1.165, 1.54) is 36.1 Å². The average molecular weight is 545 g/mol. The number of amides is 4. The second-order valence-corrected chi connectivity index (χ2v) is 11.7. The molecule has 0 radical (unpaired) electrons. The Hall–Kier alpha value is -4.32. The Bertz CT molecular complexity index is 1840. The van der Waals surface area contributed by atoms with Crippen LogP contribution in [0, 0.1) is 5.92 Å². The smallest absolute Gasteiger partial charge is 0.261 e. The summed E-state index contributed by atoms with van der Waals surface area (Å²) in [7, 11) is 1.51. The molecule has 0 fully saturated rings. The van der Waals surface area contributed by atoms with E-state index < -0.39 is 0 Å². The SMILES string of the molecule is CCCCCCC(CC)CN1C(=O)c2ccc3c4ccc5c6c(ccc(c7ccc(c2c37)C1=O)c64)C(=O)N(C)C5=O. The van der Waals surface area contributed by atoms with Gasteiger partial charge in [0, 0.05) is 46.6 Å². The van der Waals surface area contributed by atoms with E-state index in [0.29, 0.717) is 39.6 Å². The van der Waals surface area contributed by atoms with Gasteiger partial charge in [-0.3, -0.25) is 29.0 Å². The van der Waals surface area contributed by atoms with Gasteiger partial charge in [0.15, 0.2) is 0 Å². The molecule has 0 N–H and O–H groups in total. The maximum atomic E-state index is 13.9. The van der Waals surface area contributed by atoms with Crippen LogP contribution in [0.25, 0.3) is 43.1 Å². The third-order valence-electron chi connectivity index (χ3n) is 9.41. The molecule has 206 valence electrons. The molecule has 0 bridgehead atoms. The third kappa shape index (κ3) is 3.49. The summed E-state index contributed by atoms with van der Waals surface area (Å²) in [5.41, 5.74) is 2.14. The topological polar surface area (TPSA) is 74.8 Å². The minimum atomic E-state index is -0.311. The number of unbranched alkanes of at least 4 members (excludes halogenated alkanes) is 3. The van der Waals surface area contributed by atoms with Gasteiger partial charge in [0.25, 0.3) is 23.6 Å². The van der Waals surface area contributed by atoms with Crippen LogP contribution in [0.5, 0.6) is 0 Å². The summed E-state index contributed by atoms with van der Waals surface area (Å²) in [6, 6.07) is 15.1. The Balaban J connectivity index is 1.41. The van der Waals surface area contributed by atoms with Gasteiger partial charge in [-0.1, -0.05) is 70.2 Å². The monoisotopic (exact) mass is 544 g/mol. The largest absolute Gasteiger partial charge is 0.277 e. The van der Waals surface area contributed by atoms with Gasteiger partial charge in [-0.15, -0.1) is 0 Å². The molecule has 0 aromatic heterocycles. The fraction of sp³-hybridized carbons (Fsp3) is 0.314. The minimum Gasteiger partial charge on any atom is -0.277 e. The van der Waals surface area contributed by atoms with Crippen molar-refractivity contribution in [3.8, 4) is 0 Å². The molecule has 2 heterocycles. The van der Waals surface area contributed by atoms with Gasteiger partial charge in [0.05, 0.1) is 0 Å². The Morgan fingerprint density at radius 3 is 1.41 bits per heavy atom. The van der Waals surface area contributed by atoms with E-state index in [0.717, 1.165) is 51.6 Å². The van der Waals surface area contributed by atoms with Gasteiger partial charge in [0.1, 0.15) is 0 Å². The number of fused-ring (bicyclic) bond motifs is 2. The number of rotatable bonds is 8. The summed E-state index contributed by atoms with van der Waals surface area (Å²) in [6.45, 7) is 4.77. The fourth-order valence-electron chi connectivity index (χ4n) is 7.15. The quantitative estimate of drug-likeness (QED) is 0.0875. The lowest BCUT2D eigenvalue weighted by Gasteiger charge is -2.31. The van der Waals surface area contributed by atoms with Crippen molar-refractivity contribution in [2.24, 2.45) is 5.92 Å². The van der Waals surface area contributed by atoms with Crippen LogP contribution in [0.15, 0.2) is 48.5 Å². The van der Waals surface area contributed by atoms with Crippen LogP contribution in [0.4, 0.5) is 0 Å².